The van der Waals surface area contributed by atoms with Crippen molar-refractivity contribution in [2.75, 3.05) is 18.4 Å². The summed E-state index contributed by atoms with van der Waals surface area (Å²) in [5.74, 6) is -2.37. The Morgan fingerprint density at radius 1 is 0.939 bits per heavy atom. The number of para-hydroxylation sites is 1. The van der Waals surface area contributed by atoms with Crippen LogP contribution in [-0.4, -0.2) is 31.7 Å². The molecule has 0 radical (unpaired) electrons. The monoisotopic (exact) mass is 470 g/mol. The summed E-state index contributed by atoms with van der Waals surface area (Å²) in [5, 5.41) is 2.99. The molecule has 0 spiro atoms. The van der Waals surface area contributed by atoms with Crippen LogP contribution in [-0.2, 0) is 21.2 Å². The molecule has 3 aromatic carbocycles. The lowest BCUT2D eigenvalue weighted by Gasteiger charge is -2.30. The first-order valence-corrected chi connectivity index (χ1v) is 12.2. The molecule has 172 valence electrons. The molecule has 1 aliphatic rings. The third kappa shape index (κ3) is 5.29. The van der Waals surface area contributed by atoms with E-state index in [0.29, 0.717) is 25.3 Å². The topological polar surface area (TPSA) is 66.5 Å². The maximum atomic E-state index is 14.0. The fourth-order valence-corrected chi connectivity index (χ4v) is 5.56. The van der Waals surface area contributed by atoms with Crippen LogP contribution in [0.4, 0.5) is 14.5 Å². The van der Waals surface area contributed by atoms with Crippen molar-refractivity contribution < 1.29 is 22.0 Å². The number of carbonyl (C=O) groups is 1. The van der Waals surface area contributed by atoms with Gasteiger partial charge >= 0.3 is 0 Å². The Kier molecular flexibility index (Phi) is 6.85. The molecule has 1 N–H and O–H groups in total. The second-order valence-corrected chi connectivity index (χ2v) is 9.97. The Morgan fingerprint density at radius 3 is 2.33 bits per heavy atom. The van der Waals surface area contributed by atoms with Gasteiger partial charge in [-0.05, 0) is 54.7 Å². The molecule has 0 unspecified atom stereocenters. The van der Waals surface area contributed by atoms with E-state index in [1.165, 1.54) is 0 Å². The van der Waals surface area contributed by atoms with Gasteiger partial charge in [0.2, 0.25) is 15.9 Å². The van der Waals surface area contributed by atoms with Gasteiger partial charge in [-0.3, -0.25) is 4.79 Å². The minimum absolute atomic E-state index is 0.0576. The van der Waals surface area contributed by atoms with Crippen LogP contribution in [0.25, 0.3) is 0 Å². The van der Waals surface area contributed by atoms with Crippen LogP contribution >= 0.6 is 0 Å². The number of nitrogens with one attached hydrogen (secondary N) is 1. The molecule has 4 rings (SSSR count). The van der Waals surface area contributed by atoms with E-state index in [1.54, 1.807) is 0 Å². The number of hydrogen-bond donors (Lipinski definition) is 1. The van der Waals surface area contributed by atoms with Crippen molar-refractivity contribution in [1.29, 1.82) is 0 Å². The number of hydrogen-bond acceptors (Lipinski definition) is 3. The molecular formula is C25H24F2N2O3S. The third-order valence-corrected chi connectivity index (χ3v) is 7.76. The lowest BCUT2D eigenvalue weighted by molar-refractivity contribution is -0.120. The second-order valence-electron chi connectivity index (χ2n) is 8.06. The summed E-state index contributed by atoms with van der Waals surface area (Å²) in [5.41, 5.74) is 2.84. The largest absolute Gasteiger partial charge is 0.326 e. The predicted molar refractivity (Wildman–Crippen MR) is 122 cm³/mol. The molecule has 33 heavy (non-hydrogen) atoms. The van der Waals surface area contributed by atoms with Gasteiger partial charge in [-0.1, -0.05) is 48.5 Å². The van der Waals surface area contributed by atoms with E-state index < -0.39 is 26.6 Å². The Labute approximate surface area is 192 Å². The summed E-state index contributed by atoms with van der Waals surface area (Å²) in [4.78, 5) is 12.2. The van der Waals surface area contributed by atoms with E-state index in [-0.39, 0.29) is 24.9 Å². The maximum Gasteiger partial charge on any atom is 0.246 e. The molecule has 5 nitrogen and oxygen atoms in total. The van der Waals surface area contributed by atoms with Crippen molar-refractivity contribution in [2.45, 2.75) is 24.2 Å². The van der Waals surface area contributed by atoms with Crippen molar-refractivity contribution in [1.82, 2.24) is 4.31 Å². The highest BCUT2D eigenvalue weighted by Gasteiger charge is 2.34. The van der Waals surface area contributed by atoms with Crippen LogP contribution in [0, 0.1) is 17.6 Å². The SMILES string of the molecule is O=C(Nc1ccccc1Cc1ccccc1)C1CCN(S(=O)(=O)c2cc(F)ccc2F)CC1. The Balaban J connectivity index is 1.41. The molecule has 1 heterocycles. The number of sulfonamides is 1. The van der Waals surface area contributed by atoms with Gasteiger partial charge in [0.15, 0.2) is 0 Å². The molecule has 1 fully saturated rings. The van der Waals surface area contributed by atoms with Crippen molar-refractivity contribution >= 4 is 21.6 Å². The lowest BCUT2D eigenvalue weighted by atomic mass is 9.96. The van der Waals surface area contributed by atoms with Crippen molar-refractivity contribution in [3.05, 3.63) is 95.6 Å². The van der Waals surface area contributed by atoms with Crippen molar-refractivity contribution in [2.24, 2.45) is 5.92 Å². The van der Waals surface area contributed by atoms with Crippen LogP contribution in [0.15, 0.2) is 77.7 Å². The predicted octanol–water partition coefficient (Wildman–Crippen LogP) is 4.60. The van der Waals surface area contributed by atoms with E-state index in [9.17, 15) is 22.0 Å². The van der Waals surface area contributed by atoms with Gasteiger partial charge in [0, 0.05) is 24.7 Å². The molecule has 1 amide bonds. The standard InChI is InChI=1S/C25H24F2N2O3S/c26-21-10-11-22(27)24(17-21)33(31,32)29-14-12-19(13-15-29)25(30)28-23-9-5-4-8-20(23)16-18-6-2-1-3-7-18/h1-11,17,19H,12-16H2,(H,28,30). The molecule has 3 aromatic rings. The average molecular weight is 471 g/mol. The smallest absolute Gasteiger partial charge is 0.246 e. The highest BCUT2D eigenvalue weighted by atomic mass is 32.2. The number of halogens is 2. The number of anilines is 1. The van der Waals surface area contributed by atoms with Gasteiger partial charge in [-0.15, -0.1) is 0 Å². The lowest BCUT2D eigenvalue weighted by Crippen LogP contribution is -2.41. The van der Waals surface area contributed by atoms with Gasteiger partial charge in [0.25, 0.3) is 0 Å². The molecule has 1 aliphatic heterocycles. The van der Waals surface area contributed by atoms with Crippen LogP contribution in [0.3, 0.4) is 0 Å². The molecule has 1 saturated heterocycles. The quantitative estimate of drug-likeness (QED) is 0.573. The number of carbonyl (C=O) groups excluding carboxylic acids is 1. The molecular weight excluding hydrogens is 446 g/mol. The van der Waals surface area contributed by atoms with E-state index in [4.69, 9.17) is 0 Å². The summed E-state index contributed by atoms with van der Waals surface area (Å²) in [6.45, 7) is 0.115. The first-order chi connectivity index (χ1) is 15.8. The summed E-state index contributed by atoms with van der Waals surface area (Å²) >= 11 is 0. The maximum absolute atomic E-state index is 14.0. The fraction of sp³-hybridized carbons (Fsp3) is 0.240. The van der Waals surface area contributed by atoms with Gasteiger partial charge in [0.05, 0.1) is 0 Å². The number of amides is 1. The van der Waals surface area contributed by atoms with E-state index in [2.05, 4.69) is 5.32 Å². The molecule has 8 heteroatoms. The molecule has 0 aliphatic carbocycles. The van der Waals surface area contributed by atoms with E-state index in [1.807, 2.05) is 54.6 Å². The normalized spacial score (nSPS) is 15.3. The Hall–Kier alpha value is -3.10. The number of nitrogens with zero attached hydrogens (tertiary/aromatic N) is 1. The molecule has 0 aromatic heterocycles. The summed E-state index contributed by atoms with van der Waals surface area (Å²) in [6.07, 6.45) is 1.26. The molecule has 0 atom stereocenters. The Morgan fingerprint density at radius 2 is 1.61 bits per heavy atom. The molecule has 0 bridgehead atoms. The first-order valence-electron chi connectivity index (χ1n) is 10.7. The van der Waals surface area contributed by atoms with Gasteiger partial charge < -0.3 is 5.32 Å². The van der Waals surface area contributed by atoms with Gasteiger partial charge in [0.1, 0.15) is 16.5 Å². The number of piperidine rings is 1. The minimum atomic E-state index is -4.18. The fourth-order valence-electron chi connectivity index (χ4n) is 4.02. The van der Waals surface area contributed by atoms with Crippen LogP contribution in [0.1, 0.15) is 24.0 Å². The van der Waals surface area contributed by atoms with Gasteiger partial charge in [-0.25, -0.2) is 17.2 Å². The summed E-state index contributed by atoms with van der Waals surface area (Å²) in [6, 6.07) is 19.9. The number of rotatable bonds is 6. The van der Waals surface area contributed by atoms with E-state index >= 15 is 0 Å². The third-order valence-electron chi connectivity index (χ3n) is 5.85. The van der Waals surface area contributed by atoms with Crippen LogP contribution < -0.4 is 5.32 Å². The first kappa shape index (κ1) is 23.1. The Bertz CT molecular complexity index is 1240. The van der Waals surface area contributed by atoms with Crippen molar-refractivity contribution in [3.8, 4) is 0 Å². The highest BCUT2D eigenvalue weighted by molar-refractivity contribution is 7.89. The van der Waals surface area contributed by atoms with E-state index in [0.717, 1.165) is 33.3 Å². The summed E-state index contributed by atoms with van der Waals surface area (Å²) < 4.78 is 54.2. The van der Waals surface area contributed by atoms with Crippen molar-refractivity contribution in [3.63, 3.8) is 0 Å². The zero-order valence-electron chi connectivity index (χ0n) is 17.9. The average Bonchev–Trinajstić information content (AvgIpc) is 2.82. The van der Waals surface area contributed by atoms with Gasteiger partial charge in [-0.2, -0.15) is 4.31 Å². The molecule has 0 saturated carbocycles. The summed E-state index contributed by atoms with van der Waals surface area (Å²) in [7, 11) is -4.18. The minimum Gasteiger partial charge on any atom is -0.326 e. The second kappa shape index (κ2) is 9.80. The zero-order chi connectivity index (χ0) is 23.4. The zero-order valence-corrected chi connectivity index (χ0v) is 18.7. The van der Waals surface area contributed by atoms with Crippen LogP contribution in [0.5, 0.6) is 0 Å². The number of benzene rings is 3. The highest BCUT2D eigenvalue weighted by Crippen LogP contribution is 2.27. The van der Waals surface area contributed by atoms with Crippen LogP contribution in [0.2, 0.25) is 0 Å².